The molecule has 1 aliphatic carbocycles. The van der Waals surface area contributed by atoms with Gasteiger partial charge in [-0.2, -0.15) is 22.7 Å². The Kier molecular flexibility index (Phi) is 6.89. The lowest BCUT2D eigenvalue weighted by atomic mass is 9.84. The summed E-state index contributed by atoms with van der Waals surface area (Å²) in [4.78, 5) is 26.8. The number of hydrogen-bond donors (Lipinski definition) is 2. The molecule has 0 aromatic carbocycles. The zero-order valence-corrected chi connectivity index (χ0v) is 21.1. The number of ether oxygens (including phenoxy) is 2. The van der Waals surface area contributed by atoms with Crippen LogP contribution in [0.2, 0.25) is 0 Å². The number of nitrogens with zero attached hydrogens (tertiary/aromatic N) is 4. The molecule has 2 fully saturated rings. The Morgan fingerprint density at radius 2 is 1.92 bits per heavy atom. The van der Waals surface area contributed by atoms with Gasteiger partial charge in [-0.3, -0.25) is 4.79 Å². The first-order chi connectivity index (χ1) is 17.6. The Labute approximate surface area is 214 Å². The number of carbonyl (C=O) groups excluding carboxylic acids is 1. The van der Waals surface area contributed by atoms with Crippen LogP contribution in [-0.2, 0) is 22.0 Å². The van der Waals surface area contributed by atoms with Gasteiger partial charge in [0.15, 0.2) is 5.82 Å². The van der Waals surface area contributed by atoms with Crippen molar-refractivity contribution in [1.29, 1.82) is 0 Å². The molecule has 2 atom stereocenters. The molecule has 5 rings (SSSR count). The fourth-order valence-corrected chi connectivity index (χ4v) is 4.73. The first-order valence-electron chi connectivity index (χ1n) is 11.8. The molecule has 0 spiro atoms. The Balaban J connectivity index is 0.000000426. The van der Waals surface area contributed by atoms with Crippen molar-refractivity contribution >= 4 is 23.3 Å². The third kappa shape index (κ3) is 5.44. The van der Waals surface area contributed by atoms with E-state index < -0.39 is 24.0 Å². The first-order valence-corrected chi connectivity index (χ1v) is 11.8. The molecular formula is C24H27F4N5O5. The van der Waals surface area contributed by atoms with Crippen molar-refractivity contribution < 1.29 is 41.7 Å². The van der Waals surface area contributed by atoms with Gasteiger partial charge in [-0.25, -0.2) is 14.5 Å². The summed E-state index contributed by atoms with van der Waals surface area (Å²) >= 11 is 0. The molecule has 1 amide bonds. The molecular weight excluding hydrogens is 514 g/mol. The van der Waals surface area contributed by atoms with E-state index in [4.69, 9.17) is 24.4 Å². The van der Waals surface area contributed by atoms with Crippen LogP contribution >= 0.6 is 0 Å². The Morgan fingerprint density at radius 1 is 1.24 bits per heavy atom. The summed E-state index contributed by atoms with van der Waals surface area (Å²) in [6, 6.07) is 2.95. The molecule has 1 saturated carbocycles. The Bertz CT molecular complexity index is 1350. The van der Waals surface area contributed by atoms with Crippen LogP contribution in [0.3, 0.4) is 0 Å². The van der Waals surface area contributed by atoms with Crippen LogP contribution in [0.5, 0.6) is 5.75 Å². The molecule has 14 heteroatoms. The number of aromatic nitrogens is 4. The second-order valence-corrected chi connectivity index (χ2v) is 10.0. The highest BCUT2D eigenvalue weighted by molar-refractivity contribution is 6.05. The van der Waals surface area contributed by atoms with E-state index in [-0.39, 0.29) is 22.9 Å². The Morgan fingerprint density at radius 3 is 2.39 bits per heavy atom. The van der Waals surface area contributed by atoms with Crippen LogP contribution in [-0.4, -0.2) is 60.6 Å². The number of carboxylic acids is 1. The van der Waals surface area contributed by atoms with E-state index in [0.29, 0.717) is 23.6 Å². The molecule has 2 bridgehead atoms. The van der Waals surface area contributed by atoms with Gasteiger partial charge in [0.1, 0.15) is 11.4 Å². The van der Waals surface area contributed by atoms with Crippen molar-refractivity contribution in [3.8, 4) is 5.75 Å². The molecule has 38 heavy (non-hydrogen) atoms. The van der Waals surface area contributed by atoms with Gasteiger partial charge in [0.05, 0.1) is 29.6 Å². The molecule has 2 aliphatic rings. The topological polar surface area (TPSA) is 120 Å². The van der Waals surface area contributed by atoms with E-state index in [0.717, 1.165) is 29.6 Å². The average Bonchev–Trinajstić information content (AvgIpc) is 3.54. The second-order valence-electron chi connectivity index (χ2n) is 10.0. The number of alkyl halides is 3. The summed E-state index contributed by atoms with van der Waals surface area (Å²) in [5.74, 6) is -3.16. The molecule has 3 aromatic heterocycles. The summed E-state index contributed by atoms with van der Waals surface area (Å²) in [7, 11) is 1.47. The molecule has 2 N–H and O–H groups in total. The summed E-state index contributed by atoms with van der Waals surface area (Å²) in [6.07, 6.45) is 1.49. The van der Waals surface area contributed by atoms with Crippen molar-refractivity contribution in [2.75, 3.05) is 11.9 Å². The maximum atomic E-state index is 13.6. The van der Waals surface area contributed by atoms with Crippen LogP contribution in [0.15, 0.2) is 24.5 Å². The number of imidazole rings is 1. The van der Waals surface area contributed by atoms with Gasteiger partial charge in [-0.05, 0) is 40.0 Å². The second kappa shape index (κ2) is 9.57. The fourth-order valence-electron chi connectivity index (χ4n) is 4.73. The number of aryl methyl sites for hydroxylation is 1. The maximum absolute atomic E-state index is 13.6. The van der Waals surface area contributed by atoms with Gasteiger partial charge in [-0.15, -0.1) is 0 Å². The number of anilines is 1. The minimum atomic E-state index is -5.08. The normalized spacial score (nSPS) is 22.4. The predicted molar refractivity (Wildman–Crippen MR) is 126 cm³/mol. The number of rotatable bonds is 5. The van der Waals surface area contributed by atoms with E-state index in [1.54, 1.807) is 12.3 Å². The molecule has 0 radical (unpaired) electrons. The van der Waals surface area contributed by atoms with Crippen molar-refractivity contribution in [2.45, 2.75) is 63.3 Å². The van der Waals surface area contributed by atoms with Gasteiger partial charge >= 0.3 is 12.1 Å². The van der Waals surface area contributed by atoms with E-state index in [9.17, 15) is 22.4 Å². The zero-order chi connectivity index (χ0) is 28.0. The number of hydrogen-bond acceptors (Lipinski definition) is 6. The van der Waals surface area contributed by atoms with Crippen molar-refractivity contribution in [1.82, 2.24) is 19.2 Å². The number of fused-ring (bicyclic) bond motifs is 3. The van der Waals surface area contributed by atoms with Crippen LogP contribution in [0.25, 0.3) is 5.65 Å². The number of carboxylic acid groups (broad SMARTS) is 1. The van der Waals surface area contributed by atoms with Gasteiger partial charge in [0.2, 0.25) is 5.95 Å². The molecule has 4 heterocycles. The summed E-state index contributed by atoms with van der Waals surface area (Å²) in [5.41, 5.74) is 1.88. The van der Waals surface area contributed by atoms with Crippen LogP contribution in [0.4, 0.5) is 23.4 Å². The third-order valence-electron chi connectivity index (χ3n) is 6.55. The molecule has 2 unspecified atom stereocenters. The SMILES string of the molecule is CC(C)Oc1cc2nc(C34CCC(C)(C3)OC4)cn2cc1C(=O)Nc1cc(F)n(C)n1.O=C(O)C(F)(F)F. The lowest BCUT2D eigenvalue weighted by Crippen LogP contribution is -2.26. The number of amides is 1. The van der Waals surface area contributed by atoms with Crippen LogP contribution < -0.4 is 10.1 Å². The number of carbonyl (C=O) groups is 2. The summed E-state index contributed by atoms with van der Waals surface area (Å²) in [5, 5.41) is 13.7. The van der Waals surface area contributed by atoms with Crippen molar-refractivity contribution in [3.05, 3.63) is 41.7 Å². The minimum absolute atomic E-state index is 0.0648. The maximum Gasteiger partial charge on any atom is 0.490 e. The summed E-state index contributed by atoms with van der Waals surface area (Å²) in [6.45, 7) is 6.62. The minimum Gasteiger partial charge on any atom is -0.490 e. The molecule has 10 nitrogen and oxygen atoms in total. The van der Waals surface area contributed by atoms with Gasteiger partial charge in [0, 0.05) is 37.0 Å². The van der Waals surface area contributed by atoms with E-state index in [1.807, 2.05) is 24.4 Å². The largest absolute Gasteiger partial charge is 0.490 e. The van der Waals surface area contributed by atoms with Crippen LogP contribution in [0.1, 0.15) is 56.1 Å². The Hall–Kier alpha value is -3.68. The molecule has 3 aromatic rings. The number of nitrogens with one attached hydrogen (secondary N) is 1. The van der Waals surface area contributed by atoms with Gasteiger partial charge in [0.25, 0.3) is 5.91 Å². The highest BCUT2D eigenvalue weighted by atomic mass is 19.4. The lowest BCUT2D eigenvalue weighted by molar-refractivity contribution is -0.192. The molecule has 1 saturated heterocycles. The van der Waals surface area contributed by atoms with Crippen molar-refractivity contribution in [3.63, 3.8) is 0 Å². The molecule has 1 aliphatic heterocycles. The average molecular weight is 542 g/mol. The van der Waals surface area contributed by atoms with Crippen LogP contribution in [0, 0.1) is 5.95 Å². The smallest absolute Gasteiger partial charge is 0.490 e. The van der Waals surface area contributed by atoms with E-state index in [1.165, 1.54) is 13.1 Å². The van der Waals surface area contributed by atoms with E-state index >= 15 is 0 Å². The standard InChI is InChI=1S/C22H26FN5O3.C2HF3O2/c1-13(2)31-15-7-19-24-16(22-6-5-21(3,11-22)30-12-22)10-28(19)9-14(15)20(29)25-18-8-17(23)27(4)26-18;3-2(4,5)1(6)7/h7-10,13H,5-6,11-12H2,1-4H3,(H,25,26,29);(H,6,7). The zero-order valence-electron chi connectivity index (χ0n) is 21.1. The third-order valence-corrected chi connectivity index (χ3v) is 6.55. The highest BCUT2D eigenvalue weighted by Crippen LogP contribution is 2.53. The number of halogens is 4. The molecule has 206 valence electrons. The first kappa shape index (κ1) is 27.4. The number of pyridine rings is 1. The quantitative estimate of drug-likeness (QED) is 0.467. The van der Waals surface area contributed by atoms with Gasteiger partial charge in [-0.1, -0.05) is 0 Å². The van der Waals surface area contributed by atoms with E-state index in [2.05, 4.69) is 17.3 Å². The lowest BCUT2D eigenvalue weighted by Gasteiger charge is -2.24. The fraction of sp³-hybridized carbons (Fsp3) is 0.500. The predicted octanol–water partition coefficient (Wildman–Crippen LogP) is 4.09. The van der Waals surface area contributed by atoms with Gasteiger partial charge < -0.3 is 24.3 Å². The highest BCUT2D eigenvalue weighted by Gasteiger charge is 2.55. The van der Waals surface area contributed by atoms with Crippen molar-refractivity contribution in [2.24, 2.45) is 7.05 Å². The number of aliphatic carboxylic acids is 1. The summed E-state index contributed by atoms with van der Waals surface area (Å²) < 4.78 is 60.2. The monoisotopic (exact) mass is 541 g/mol.